The molecule has 0 radical (unpaired) electrons. The van der Waals surface area contributed by atoms with E-state index in [1.54, 1.807) is 0 Å². The van der Waals surface area contributed by atoms with E-state index in [2.05, 4.69) is 48.5 Å². The van der Waals surface area contributed by atoms with Crippen LogP contribution in [-0.4, -0.2) is 64.6 Å². The highest BCUT2D eigenvalue weighted by molar-refractivity contribution is 5.15. The summed E-state index contributed by atoms with van der Waals surface area (Å²) in [5, 5.41) is 10.1. The van der Waals surface area contributed by atoms with Gasteiger partial charge in [-0.05, 0) is 22.3 Å². The fraction of sp³-hybridized carbons (Fsp3) is 0.400. The van der Waals surface area contributed by atoms with E-state index in [0.717, 1.165) is 22.3 Å². The highest BCUT2D eigenvalue weighted by Crippen LogP contribution is 2.11. The van der Waals surface area contributed by atoms with E-state index in [0.29, 0.717) is 79.3 Å². The summed E-state index contributed by atoms with van der Waals surface area (Å²) in [7, 11) is 0. The molecule has 0 spiro atoms. The van der Waals surface area contributed by atoms with Gasteiger partial charge in [-0.3, -0.25) is 0 Å². The van der Waals surface area contributed by atoms with Gasteiger partial charge in [-0.25, -0.2) is 0 Å². The largest absolute Gasteiger partial charge is 0.396 e. The zero-order valence-corrected chi connectivity index (χ0v) is 27.4. The van der Waals surface area contributed by atoms with Crippen LogP contribution in [0.2, 0.25) is 0 Å². The molecule has 4 aromatic rings. The molecule has 1 N–H and O–H groups in total. The van der Waals surface area contributed by atoms with Crippen molar-refractivity contribution in [3.8, 4) is 0 Å². The third kappa shape index (κ3) is 15.8. The zero-order chi connectivity index (χ0) is 32.6. The Morgan fingerprint density at radius 3 is 0.809 bits per heavy atom. The quantitative estimate of drug-likeness (QED) is 0.0860. The molecule has 0 heterocycles. The lowest BCUT2D eigenvalue weighted by molar-refractivity contribution is -0.0480. The van der Waals surface area contributed by atoms with Crippen molar-refractivity contribution in [2.45, 2.75) is 26.4 Å². The van der Waals surface area contributed by atoms with Crippen molar-refractivity contribution in [3.05, 3.63) is 144 Å². The Hall–Kier alpha value is -3.40. The van der Waals surface area contributed by atoms with Gasteiger partial charge in [0.2, 0.25) is 0 Å². The molecular weight excluding hydrogens is 592 g/mol. The number of aliphatic hydroxyl groups excluding tert-OH is 1. The summed E-state index contributed by atoms with van der Waals surface area (Å²) >= 11 is 0. The Balaban J connectivity index is 1.19. The van der Waals surface area contributed by atoms with Gasteiger partial charge in [-0.2, -0.15) is 0 Å². The number of benzene rings is 4. The van der Waals surface area contributed by atoms with E-state index in [-0.39, 0.29) is 24.4 Å². The third-order valence-corrected chi connectivity index (χ3v) is 7.53. The second-order valence-electron chi connectivity index (χ2n) is 11.9. The molecule has 0 aromatic heterocycles. The van der Waals surface area contributed by atoms with E-state index in [1.165, 1.54) is 0 Å². The van der Waals surface area contributed by atoms with Crippen molar-refractivity contribution in [1.82, 2.24) is 0 Å². The maximum Gasteiger partial charge on any atom is 0.0717 e. The summed E-state index contributed by atoms with van der Waals surface area (Å²) in [6.45, 7) is 5.84. The predicted molar refractivity (Wildman–Crippen MR) is 184 cm³/mol. The van der Waals surface area contributed by atoms with Gasteiger partial charge >= 0.3 is 0 Å². The summed E-state index contributed by atoms with van der Waals surface area (Å²) in [5.74, 6) is -0.0477. The van der Waals surface area contributed by atoms with E-state index in [9.17, 15) is 5.11 Å². The minimum Gasteiger partial charge on any atom is -0.396 e. The third-order valence-electron chi connectivity index (χ3n) is 7.53. The molecule has 0 unspecified atom stereocenters. The molecule has 0 saturated carbocycles. The number of ether oxygens (including phenoxy) is 6. The molecule has 0 bridgehead atoms. The van der Waals surface area contributed by atoms with Crippen LogP contribution in [0.1, 0.15) is 22.3 Å². The summed E-state index contributed by atoms with van der Waals surface area (Å²) in [6.07, 6.45) is 0. The van der Waals surface area contributed by atoms with Crippen LogP contribution in [0.3, 0.4) is 0 Å². The Morgan fingerprint density at radius 2 is 0.553 bits per heavy atom. The first kappa shape index (κ1) is 36.4. The Morgan fingerprint density at radius 1 is 0.319 bits per heavy atom. The number of aliphatic hydroxyl groups is 1. The van der Waals surface area contributed by atoms with Crippen LogP contribution in [0, 0.1) is 17.8 Å². The first-order chi connectivity index (χ1) is 23.3. The minimum absolute atomic E-state index is 0.0284. The van der Waals surface area contributed by atoms with Crippen LogP contribution in [0.5, 0.6) is 0 Å². The fourth-order valence-electron chi connectivity index (χ4n) is 4.92. The van der Waals surface area contributed by atoms with Crippen molar-refractivity contribution in [1.29, 1.82) is 0 Å². The smallest absolute Gasteiger partial charge is 0.0717 e. The molecule has 0 aliphatic carbocycles. The zero-order valence-electron chi connectivity index (χ0n) is 27.4. The first-order valence-electron chi connectivity index (χ1n) is 16.5. The number of hydrogen-bond acceptors (Lipinski definition) is 7. The molecular formula is C40H50O7. The lowest BCUT2D eigenvalue weighted by Crippen LogP contribution is -2.28. The molecule has 0 saturated heterocycles. The van der Waals surface area contributed by atoms with Crippen molar-refractivity contribution in [3.63, 3.8) is 0 Å². The lowest BCUT2D eigenvalue weighted by Gasteiger charge is -2.22. The molecule has 4 aromatic carbocycles. The van der Waals surface area contributed by atoms with Gasteiger partial charge in [0.25, 0.3) is 0 Å². The molecule has 0 atom stereocenters. The van der Waals surface area contributed by atoms with E-state index >= 15 is 0 Å². The van der Waals surface area contributed by atoms with Crippen molar-refractivity contribution in [2.24, 2.45) is 17.8 Å². The van der Waals surface area contributed by atoms with Crippen LogP contribution < -0.4 is 0 Å². The summed E-state index contributed by atoms with van der Waals surface area (Å²) in [5.41, 5.74) is 4.52. The lowest BCUT2D eigenvalue weighted by atomic mass is 10.1. The van der Waals surface area contributed by atoms with Gasteiger partial charge < -0.3 is 33.5 Å². The molecule has 0 aliphatic rings. The predicted octanol–water partition coefficient (Wildman–Crippen LogP) is 6.73. The van der Waals surface area contributed by atoms with E-state index in [4.69, 9.17) is 28.4 Å². The number of rotatable bonds is 25. The number of hydrogen-bond donors (Lipinski definition) is 1. The average molecular weight is 643 g/mol. The highest BCUT2D eigenvalue weighted by Gasteiger charge is 2.16. The molecule has 4 rings (SSSR count). The summed E-state index contributed by atoms with van der Waals surface area (Å²) in [6, 6.07) is 40.5. The van der Waals surface area contributed by atoms with Gasteiger partial charge in [0.1, 0.15) is 0 Å². The first-order valence-corrected chi connectivity index (χ1v) is 16.5. The van der Waals surface area contributed by atoms with Gasteiger partial charge in [0, 0.05) is 17.8 Å². The monoisotopic (exact) mass is 642 g/mol. The minimum atomic E-state index is -0.151. The van der Waals surface area contributed by atoms with Crippen molar-refractivity contribution < 1.29 is 33.5 Å². The SMILES string of the molecule is OCC(COCC(COCc1ccccc1)COCc1ccccc1)COCC(COCc1ccccc1)COCc1ccccc1. The van der Waals surface area contributed by atoms with Crippen molar-refractivity contribution in [2.75, 3.05) is 59.5 Å². The Labute approximate surface area is 280 Å². The van der Waals surface area contributed by atoms with Crippen LogP contribution in [-0.2, 0) is 54.8 Å². The van der Waals surface area contributed by atoms with Crippen molar-refractivity contribution >= 4 is 0 Å². The molecule has 47 heavy (non-hydrogen) atoms. The van der Waals surface area contributed by atoms with E-state index < -0.39 is 0 Å². The maximum atomic E-state index is 10.1. The van der Waals surface area contributed by atoms with Crippen LogP contribution in [0.15, 0.2) is 121 Å². The highest BCUT2D eigenvalue weighted by atomic mass is 16.5. The second-order valence-corrected chi connectivity index (χ2v) is 11.9. The van der Waals surface area contributed by atoms with Gasteiger partial charge in [0.05, 0.1) is 85.9 Å². The van der Waals surface area contributed by atoms with Gasteiger partial charge in [-0.15, -0.1) is 0 Å². The van der Waals surface area contributed by atoms with Gasteiger partial charge in [-0.1, -0.05) is 121 Å². The molecule has 252 valence electrons. The molecule has 7 nitrogen and oxygen atoms in total. The summed E-state index contributed by atoms with van der Waals surface area (Å²) < 4.78 is 36.3. The van der Waals surface area contributed by atoms with Crippen LogP contribution >= 0.6 is 0 Å². The fourth-order valence-corrected chi connectivity index (χ4v) is 4.92. The molecule has 0 aliphatic heterocycles. The second kappa shape index (κ2) is 23.0. The summed E-state index contributed by atoms with van der Waals surface area (Å²) in [4.78, 5) is 0. The maximum absolute atomic E-state index is 10.1. The van der Waals surface area contributed by atoms with Crippen LogP contribution in [0.25, 0.3) is 0 Å². The molecule has 0 fully saturated rings. The Kier molecular flexibility index (Phi) is 17.8. The average Bonchev–Trinajstić information content (AvgIpc) is 3.12. The Bertz CT molecular complexity index is 1100. The topological polar surface area (TPSA) is 75.6 Å². The standard InChI is InChI=1S/C40H50O7/c41-21-38(26-46-32-39(28-42-22-34-13-5-1-6-14-34)29-43-23-35-15-7-2-8-16-35)27-47-33-40(30-44-24-36-17-9-3-10-18-36)31-45-25-37-19-11-4-12-20-37/h1-20,38-41H,21-33H2. The van der Waals surface area contributed by atoms with Crippen LogP contribution in [0.4, 0.5) is 0 Å². The van der Waals surface area contributed by atoms with E-state index in [1.807, 2.05) is 72.8 Å². The normalized spacial score (nSPS) is 11.6. The molecule has 0 amide bonds. The molecule has 7 heteroatoms. The van der Waals surface area contributed by atoms with Gasteiger partial charge in [0.15, 0.2) is 0 Å².